The number of carboxylic acid groups (broad SMARTS) is 1. The van der Waals surface area contributed by atoms with Crippen molar-refractivity contribution in [3.8, 4) is 0 Å². The largest absolute Gasteiger partial charge is 0.477 e. The number of aryl methyl sites for hydroxylation is 1. The van der Waals surface area contributed by atoms with E-state index in [2.05, 4.69) is 15.3 Å². The second-order valence-corrected chi connectivity index (χ2v) is 6.26. The van der Waals surface area contributed by atoms with Crippen molar-refractivity contribution in [1.82, 2.24) is 24.3 Å². The standard InChI is InChI=1S/C17H15N7O5/c1-23-9-4-7(2-3-11(9)29-17(23)28)6-20-14(25)8-5-10(15(26)27)24-13(21-8)12(18)22-16(24)19/h2-5H,6,18H2,1H3,(H2,19,22)(H,20,25)(H,26,27). The molecule has 0 radical (unpaired) electrons. The van der Waals surface area contributed by atoms with E-state index >= 15 is 0 Å². The first-order valence-corrected chi connectivity index (χ1v) is 8.30. The molecular formula is C17H15N7O5. The number of imidazole rings is 1. The summed E-state index contributed by atoms with van der Waals surface area (Å²) in [7, 11) is 1.57. The Hall–Kier alpha value is -4.35. The number of amides is 1. The number of carbonyl (C=O) groups is 2. The molecule has 0 saturated heterocycles. The van der Waals surface area contributed by atoms with Crippen molar-refractivity contribution in [1.29, 1.82) is 0 Å². The van der Waals surface area contributed by atoms with Gasteiger partial charge in [0.2, 0.25) is 5.95 Å². The summed E-state index contributed by atoms with van der Waals surface area (Å²) in [4.78, 5) is 43.5. The van der Waals surface area contributed by atoms with Crippen LogP contribution in [0, 0.1) is 0 Å². The van der Waals surface area contributed by atoms with Crippen LogP contribution in [0.25, 0.3) is 16.7 Å². The number of nitrogens with two attached hydrogens (primary N) is 2. The van der Waals surface area contributed by atoms with Crippen molar-refractivity contribution < 1.29 is 19.1 Å². The molecule has 0 bridgehead atoms. The molecule has 6 N–H and O–H groups in total. The number of nitrogen functional groups attached to an aromatic ring is 2. The van der Waals surface area contributed by atoms with Gasteiger partial charge < -0.3 is 26.3 Å². The molecule has 12 heteroatoms. The Balaban J connectivity index is 1.64. The van der Waals surface area contributed by atoms with E-state index < -0.39 is 17.6 Å². The topological polar surface area (TPSA) is 184 Å². The fraction of sp³-hybridized carbons (Fsp3) is 0.118. The highest BCUT2D eigenvalue weighted by Crippen LogP contribution is 2.19. The molecule has 0 saturated carbocycles. The van der Waals surface area contributed by atoms with Crippen LogP contribution in [0.15, 0.2) is 33.5 Å². The summed E-state index contributed by atoms with van der Waals surface area (Å²) in [5, 5.41) is 12.1. The van der Waals surface area contributed by atoms with Gasteiger partial charge in [0.15, 0.2) is 17.0 Å². The van der Waals surface area contributed by atoms with E-state index in [-0.39, 0.29) is 35.3 Å². The van der Waals surface area contributed by atoms with Gasteiger partial charge in [0, 0.05) is 19.7 Å². The molecule has 4 aromatic rings. The molecule has 0 aliphatic carbocycles. The summed E-state index contributed by atoms with van der Waals surface area (Å²) in [6.45, 7) is 0.111. The molecule has 0 fully saturated rings. The number of nitrogens with one attached hydrogen (secondary N) is 1. The SMILES string of the molecule is Cn1c(=O)oc2ccc(CNC(=O)c3cc(C(=O)O)n4c(N)nc(N)c4n3)cc21. The van der Waals surface area contributed by atoms with Gasteiger partial charge in [-0.3, -0.25) is 13.8 Å². The van der Waals surface area contributed by atoms with E-state index in [0.717, 1.165) is 10.5 Å². The van der Waals surface area contributed by atoms with E-state index in [4.69, 9.17) is 15.9 Å². The Morgan fingerprint density at radius 2 is 2.00 bits per heavy atom. The number of hydrogen-bond donors (Lipinski definition) is 4. The van der Waals surface area contributed by atoms with Gasteiger partial charge in [0.05, 0.1) is 5.52 Å². The first kappa shape index (κ1) is 18.0. The van der Waals surface area contributed by atoms with Crippen LogP contribution in [-0.2, 0) is 13.6 Å². The highest BCUT2D eigenvalue weighted by atomic mass is 16.4. The lowest BCUT2D eigenvalue weighted by Gasteiger charge is -2.08. The first-order chi connectivity index (χ1) is 13.8. The van der Waals surface area contributed by atoms with Crippen LogP contribution in [0.1, 0.15) is 26.5 Å². The van der Waals surface area contributed by atoms with Gasteiger partial charge >= 0.3 is 11.7 Å². The minimum atomic E-state index is -1.32. The molecular weight excluding hydrogens is 382 g/mol. The van der Waals surface area contributed by atoms with Crippen molar-refractivity contribution in [3.05, 3.63) is 51.8 Å². The summed E-state index contributed by atoms with van der Waals surface area (Å²) < 4.78 is 7.47. The minimum absolute atomic E-state index is 0.0256. The third-order valence-corrected chi connectivity index (χ3v) is 4.41. The number of rotatable bonds is 4. The van der Waals surface area contributed by atoms with Crippen molar-refractivity contribution in [2.24, 2.45) is 7.05 Å². The number of anilines is 2. The number of fused-ring (bicyclic) bond motifs is 2. The molecule has 0 atom stereocenters. The molecule has 12 nitrogen and oxygen atoms in total. The van der Waals surface area contributed by atoms with E-state index in [1.807, 2.05) is 0 Å². The Morgan fingerprint density at radius 3 is 2.72 bits per heavy atom. The number of aromatic carboxylic acids is 1. The van der Waals surface area contributed by atoms with Crippen LogP contribution >= 0.6 is 0 Å². The number of carbonyl (C=O) groups excluding carboxylic acids is 1. The Bertz CT molecular complexity index is 1360. The van der Waals surface area contributed by atoms with Gasteiger partial charge in [-0.2, -0.15) is 4.98 Å². The number of aromatic nitrogens is 4. The molecule has 1 aromatic carbocycles. The third kappa shape index (κ3) is 2.92. The quantitative estimate of drug-likeness (QED) is 0.367. The van der Waals surface area contributed by atoms with Gasteiger partial charge in [-0.1, -0.05) is 6.07 Å². The van der Waals surface area contributed by atoms with Crippen LogP contribution in [0.4, 0.5) is 11.8 Å². The number of oxazole rings is 1. The Labute approximate surface area is 161 Å². The van der Waals surface area contributed by atoms with Gasteiger partial charge in [0.1, 0.15) is 11.4 Å². The lowest BCUT2D eigenvalue weighted by molar-refractivity contribution is 0.0688. The zero-order valence-electron chi connectivity index (χ0n) is 15.0. The lowest BCUT2D eigenvalue weighted by atomic mass is 10.2. The fourth-order valence-corrected chi connectivity index (χ4v) is 2.96. The van der Waals surface area contributed by atoms with Gasteiger partial charge in [-0.25, -0.2) is 14.6 Å². The predicted octanol–water partition coefficient (Wildman–Crippen LogP) is -0.0332. The number of nitrogens with zero attached hydrogens (tertiary/aromatic N) is 4. The van der Waals surface area contributed by atoms with Gasteiger partial charge in [-0.15, -0.1) is 0 Å². The van der Waals surface area contributed by atoms with Crippen LogP contribution in [0.3, 0.4) is 0 Å². The zero-order chi connectivity index (χ0) is 20.9. The maximum absolute atomic E-state index is 12.5. The van der Waals surface area contributed by atoms with E-state index in [1.165, 1.54) is 4.57 Å². The summed E-state index contributed by atoms with van der Waals surface area (Å²) in [6, 6.07) is 6.11. The smallest absolute Gasteiger partial charge is 0.419 e. The van der Waals surface area contributed by atoms with Crippen LogP contribution in [0.2, 0.25) is 0 Å². The van der Waals surface area contributed by atoms with E-state index in [1.54, 1.807) is 25.2 Å². The molecule has 0 aliphatic heterocycles. The summed E-state index contributed by atoms with van der Waals surface area (Å²) in [5.41, 5.74) is 12.6. The number of benzene rings is 1. The lowest BCUT2D eigenvalue weighted by Crippen LogP contribution is -2.25. The molecule has 0 spiro atoms. The number of carboxylic acids is 1. The number of hydrogen-bond acceptors (Lipinski definition) is 8. The van der Waals surface area contributed by atoms with Crippen molar-refractivity contribution >= 4 is 40.4 Å². The van der Waals surface area contributed by atoms with Crippen molar-refractivity contribution in [2.75, 3.05) is 11.5 Å². The second-order valence-electron chi connectivity index (χ2n) is 6.26. The maximum atomic E-state index is 12.5. The highest BCUT2D eigenvalue weighted by molar-refractivity contribution is 5.97. The molecule has 0 aliphatic rings. The molecule has 0 unspecified atom stereocenters. The second kappa shape index (κ2) is 6.37. The molecule has 3 heterocycles. The van der Waals surface area contributed by atoms with Crippen LogP contribution in [0.5, 0.6) is 0 Å². The monoisotopic (exact) mass is 397 g/mol. The summed E-state index contributed by atoms with van der Waals surface area (Å²) in [5.74, 6) is -2.66. The van der Waals surface area contributed by atoms with E-state index in [9.17, 15) is 19.5 Å². The molecule has 3 aromatic heterocycles. The zero-order valence-corrected chi connectivity index (χ0v) is 15.0. The van der Waals surface area contributed by atoms with Crippen LogP contribution < -0.4 is 22.5 Å². The molecule has 148 valence electrons. The fourth-order valence-electron chi connectivity index (χ4n) is 2.96. The maximum Gasteiger partial charge on any atom is 0.419 e. The molecule has 29 heavy (non-hydrogen) atoms. The molecule has 1 amide bonds. The molecule has 4 rings (SSSR count). The summed E-state index contributed by atoms with van der Waals surface area (Å²) in [6.07, 6.45) is 0. The van der Waals surface area contributed by atoms with Gasteiger partial charge in [-0.05, 0) is 17.7 Å². The van der Waals surface area contributed by atoms with Gasteiger partial charge in [0.25, 0.3) is 5.91 Å². The minimum Gasteiger partial charge on any atom is -0.477 e. The third-order valence-electron chi connectivity index (χ3n) is 4.41. The van der Waals surface area contributed by atoms with Crippen molar-refractivity contribution in [3.63, 3.8) is 0 Å². The first-order valence-electron chi connectivity index (χ1n) is 8.30. The Kier molecular flexibility index (Phi) is 3.96. The highest BCUT2D eigenvalue weighted by Gasteiger charge is 2.20. The van der Waals surface area contributed by atoms with E-state index in [0.29, 0.717) is 16.7 Å². The average Bonchev–Trinajstić information content (AvgIpc) is 3.14. The summed E-state index contributed by atoms with van der Waals surface area (Å²) >= 11 is 0. The van der Waals surface area contributed by atoms with Crippen molar-refractivity contribution in [2.45, 2.75) is 6.54 Å². The predicted molar refractivity (Wildman–Crippen MR) is 101 cm³/mol. The van der Waals surface area contributed by atoms with Crippen LogP contribution in [-0.4, -0.2) is 35.9 Å². The normalized spacial score (nSPS) is 11.2. The Morgan fingerprint density at radius 1 is 1.24 bits per heavy atom. The average molecular weight is 397 g/mol.